The van der Waals surface area contributed by atoms with E-state index < -0.39 is 21.8 Å². The Hall–Kier alpha value is -2.91. The van der Waals surface area contributed by atoms with Crippen LogP contribution in [0.5, 0.6) is 5.75 Å². The van der Waals surface area contributed by atoms with Crippen LogP contribution in [0.2, 0.25) is 0 Å². The number of benzene rings is 2. The zero-order chi connectivity index (χ0) is 21.7. The molecule has 8 nitrogen and oxygen atoms in total. The monoisotopic (exact) mass is 433 g/mol. The lowest BCUT2D eigenvalue weighted by molar-refractivity contribution is -0.144. The number of nitrogens with zero attached hydrogens (tertiary/aromatic N) is 1. The molecule has 2 aromatic rings. The first-order valence-corrected chi connectivity index (χ1v) is 10.9. The minimum absolute atomic E-state index is 0.130. The number of sulfone groups is 1. The van der Waals surface area contributed by atoms with Gasteiger partial charge in [0.25, 0.3) is 0 Å². The van der Waals surface area contributed by atoms with Gasteiger partial charge in [-0.2, -0.15) is 0 Å². The van der Waals surface area contributed by atoms with Gasteiger partial charge in [0, 0.05) is 6.54 Å². The van der Waals surface area contributed by atoms with Crippen molar-refractivity contribution in [1.29, 1.82) is 0 Å². The highest BCUT2D eigenvalue weighted by Crippen LogP contribution is 2.32. The highest BCUT2D eigenvalue weighted by atomic mass is 32.2. The Morgan fingerprint density at radius 3 is 2.53 bits per heavy atom. The van der Waals surface area contributed by atoms with Gasteiger partial charge in [0.05, 0.1) is 30.0 Å². The zero-order valence-corrected chi connectivity index (χ0v) is 17.3. The first kappa shape index (κ1) is 21.8. The predicted molar refractivity (Wildman–Crippen MR) is 107 cm³/mol. The number of ether oxygens (including phenoxy) is 2. The van der Waals surface area contributed by atoms with Gasteiger partial charge in [0.2, 0.25) is 9.84 Å². The quantitative estimate of drug-likeness (QED) is 0.627. The molecule has 1 N–H and O–H groups in total. The van der Waals surface area contributed by atoms with Crippen molar-refractivity contribution in [3.63, 3.8) is 0 Å². The van der Waals surface area contributed by atoms with Crippen molar-refractivity contribution in [3.05, 3.63) is 54.1 Å². The van der Waals surface area contributed by atoms with Crippen LogP contribution >= 0.6 is 0 Å². The summed E-state index contributed by atoms with van der Waals surface area (Å²) >= 11 is 0. The molecule has 0 amide bonds. The highest BCUT2D eigenvalue weighted by molar-refractivity contribution is 7.91. The summed E-state index contributed by atoms with van der Waals surface area (Å²) in [6.45, 7) is -0.293. The molecule has 0 saturated heterocycles. The Labute approximate surface area is 174 Å². The van der Waals surface area contributed by atoms with E-state index in [-0.39, 0.29) is 35.5 Å². The number of carbonyl (C=O) groups is 2. The maximum absolute atomic E-state index is 12.9. The van der Waals surface area contributed by atoms with Gasteiger partial charge in [-0.3, -0.25) is 14.5 Å². The Bertz CT molecular complexity index is 1020. The summed E-state index contributed by atoms with van der Waals surface area (Å²) in [4.78, 5) is 24.4. The van der Waals surface area contributed by atoms with E-state index in [2.05, 4.69) is 4.74 Å². The summed E-state index contributed by atoms with van der Waals surface area (Å²) in [6.07, 6.45) is 0.899. The van der Waals surface area contributed by atoms with Crippen LogP contribution in [0.15, 0.2) is 58.3 Å². The molecule has 0 unspecified atom stereocenters. The van der Waals surface area contributed by atoms with Gasteiger partial charge >= 0.3 is 11.9 Å². The fraction of sp³-hybridized carbons (Fsp3) is 0.333. The van der Waals surface area contributed by atoms with Crippen LogP contribution in [0.1, 0.15) is 12.0 Å². The van der Waals surface area contributed by atoms with Crippen molar-refractivity contribution < 1.29 is 32.6 Å². The standard InChI is InChI=1S/C21H23NO7S/c1-28-21(25)14-22(13-20(23)24)12-16-9-7-15-8-10-18(11-19(15)29-16)30(26,27)17-5-3-2-4-6-17/h2-6,8,10-11,16H,7,9,12-14H2,1H3,(H,23,24)/t16-/m1/s1. The summed E-state index contributed by atoms with van der Waals surface area (Å²) in [5.41, 5.74) is 0.885. The molecule has 0 aliphatic carbocycles. The van der Waals surface area contributed by atoms with Gasteiger partial charge in [-0.25, -0.2) is 8.42 Å². The molecule has 0 spiro atoms. The van der Waals surface area contributed by atoms with E-state index in [1.165, 1.54) is 30.2 Å². The maximum Gasteiger partial charge on any atom is 0.319 e. The molecule has 1 atom stereocenters. The van der Waals surface area contributed by atoms with Gasteiger partial charge < -0.3 is 14.6 Å². The number of methoxy groups -OCH3 is 1. The molecule has 9 heteroatoms. The first-order chi connectivity index (χ1) is 14.3. The van der Waals surface area contributed by atoms with Crippen LogP contribution in [0, 0.1) is 0 Å². The Morgan fingerprint density at radius 2 is 1.87 bits per heavy atom. The average Bonchev–Trinajstić information content (AvgIpc) is 2.73. The number of carboxylic acid groups (broad SMARTS) is 1. The fourth-order valence-corrected chi connectivity index (χ4v) is 4.65. The largest absolute Gasteiger partial charge is 0.489 e. The van der Waals surface area contributed by atoms with Crippen LogP contribution < -0.4 is 4.74 Å². The van der Waals surface area contributed by atoms with E-state index >= 15 is 0 Å². The zero-order valence-electron chi connectivity index (χ0n) is 16.5. The fourth-order valence-electron chi connectivity index (χ4n) is 3.35. The van der Waals surface area contributed by atoms with Crippen molar-refractivity contribution in [2.45, 2.75) is 28.7 Å². The average molecular weight is 433 g/mol. The van der Waals surface area contributed by atoms with Crippen LogP contribution in [-0.4, -0.2) is 63.2 Å². The SMILES string of the molecule is COC(=O)CN(CC(=O)O)C[C@H]1CCc2ccc(S(=O)(=O)c3ccccc3)cc2O1. The second kappa shape index (κ2) is 9.27. The molecule has 0 saturated carbocycles. The number of rotatable bonds is 8. The van der Waals surface area contributed by atoms with Gasteiger partial charge in [-0.05, 0) is 42.7 Å². The summed E-state index contributed by atoms with van der Waals surface area (Å²) in [5, 5.41) is 9.09. The van der Waals surface area contributed by atoms with E-state index in [9.17, 15) is 18.0 Å². The van der Waals surface area contributed by atoms with Gasteiger partial charge in [-0.1, -0.05) is 24.3 Å². The third kappa shape index (κ3) is 5.17. The molecule has 1 aliphatic heterocycles. The third-order valence-electron chi connectivity index (χ3n) is 4.83. The first-order valence-electron chi connectivity index (χ1n) is 9.40. The van der Waals surface area contributed by atoms with Gasteiger partial charge in [-0.15, -0.1) is 0 Å². The van der Waals surface area contributed by atoms with Crippen LogP contribution in [-0.2, 0) is 30.6 Å². The van der Waals surface area contributed by atoms with E-state index in [1.807, 2.05) is 0 Å². The molecular weight excluding hydrogens is 410 g/mol. The number of hydrogen-bond acceptors (Lipinski definition) is 7. The number of hydrogen-bond donors (Lipinski definition) is 1. The Balaban J connectivity index is 1.78. The molecule has 0 aromatic heterocycles. The normalized spacial score (nSPS) is 15.9. The second-order valence-electron chi connectivity index (χ2n) is 7.00. The predicted octanol–water partition coefficient (Wildman–Crippen LogP) is 1.77. The lowest BCUT2D eigenvalue weighted by atomic mass is 10.0. The molecule has 3 rings (SSSR count). The summed E-state index contributed by atoms with van der Waals surface area (Å²) < 4.78 is 36.3. The number of esters is 1. The minimum Gasteiger partial charge on any atom is -0.489 e. The summed E-state index contributed by atoms with van der Waals surface area (Å²) in [6, 6.07) is 13.0. The van der Waals surface area contributed by atoms with E-state index in [0.29, 0.717) is 18.6 Å². The van der Waals surface area contributed by atoms with Crippen LogP contribution in [0.3, 0.4) is 0 Å². The third-order valence-corrected chi connectivity index (χ3v) is 6.60. The van der Waals surface area contributed by atoms with E-state index in [1.54, 1.807) is 30.3 Å². The lowest BCUT2D eigenvalue weighted by Gasteiger charge is -2.30. The molecule has 30 heavy (non-hydrogen) atoms. The summed E-state index contributed by atoms with van der Waals surface area (Å²) in [7, 11) is -2.44. The lowest BCUT2D eigenvalue weighted by Crippen LogP contribution is -2.42. The van der Waals surface area contributed by atoms with Gasteiger partial charge in [0.15, 0.2) is 0 Å². The number of aliphatic carboxylic acids is 1. The van der Waals surface area contributed by atoms with E-state index in [0.717, 1.165) is 5.56 Å². The topological polar surface area (TPSA) is 110 Å². The van der Waals surface area contributed by atoms with E-state index in [4.69, 9.17) is 9.84 Å². The highest BCUT2D eigenvalue weighted by Gasteiger charge is 2.26. The number of carboxylic acids is 1. The molecule has 160 valence electrons. The maximum atomic E-state index is 12.9. The van der Waals surface area contributed by atoms with Crippen molar-refractivity contribution >= 4 is 21.8 Å². The number of carbonyl (C=O) groups excluding carboxylic acids is 1. The van der Waals surface area contributed by atoms with Crippen LogP contribution in [0.4, 0.5) is 0 Å². The molecule has 1 heterocycles. The summed E-state index contributed by atoms with van der Waals surface area (Å²) in [5.74, 6) is -1.15. The molecule has 2 aromatic carbocycles. The number of fused-ring (bicyclic) bond motifs is 1. The number of aryl methyl sites for hydroxylation is 1. The Kier molecular flexibility index (Phi) is 6.73. The molecular formula is C21H23NO7S. The minimum atomic E-state index is -3.68. The van der Waals surface area contributed by atoms with Crippen molar-refractivity contribution in [2.75, 3.05) is 26.7 Å². The van der Waals surface area contributed by atoms with Crippen molar-refractivity contribution in [3.8, 4) is 5.75 Å². The molecule has 0 bridgehead atoms. The van der Waals surface area contributed by atoms with Gasteiger partial charge in [0.1, 0.15) is 11.9 Å². The molecule has 0 fully saturated rings. The molecule has 0 radical (unpaired) electrons. The van der Waals surface area contributed by atoms with Crippen LogP contribution in [0.25, 0.3) is 0 Å². The smallest absolute Gasteiger partial charge is 0.319 e. The van der Waals surface area contributed by atoms with Crippen molar-refractivity contribution in [1.82, 2.24) is 4.90 Å². The Morgan fingerprint density at radius 1 is 1.13 bits per heavy atom. The second-order valence-corrected chi connectivity index (χ2v) is 8.95. The molecule has 1 aliphatic rings. The van der Waals surface area contributed by atoms with Crippen molar-refractivity contribution in [2.24, 2.45) is 0 Å².